The maximum absolute atomic E-state index is 13.0. The molecule has 0 radical (unpaired) electrons. The van der Waals surface area contributed by atoms with Gasteiger partial charge in [-0.05, 0) is 68.5 Å². The monoisotopic (exact) mass is 701 g/mol. The summed E-state index contributed by atoms with van der Waals surface area (Å²) in [6.45, 7) is 4.84. The van der Waals surface area contributed by atoms with E-state index in [1.165, 1.54) is 0 Å². The molecule has 51 heavy (non-hydrogen) atoms. The highest BCUT2D eigenvalue weighted by Crippen LogP contribution is 2.30. The van der Waals surface area contributed by atoms with Crippen LogP contribution in [0.2, 0.25) is 0 Å². The molecule has 4 heterocycles. The molecule has 3 saturated heterocycles. The maximum atomic E-state index is 13.0. The summed E-state index contributed by atoms with van der Waals surface area (Å²) >= 11 is 0. The summed E-state index contributed by atoms with van der Waals surface area (Å²) in [7, 11) is 0. The van der Waals surface area contributed by atoms with Crippen LogP contribution in [0.25, 0.3) is 0 Å². The van der Waals surface area contributed by atoms with E-state index in [9.17, 15) is 28.8 Å². The summed E-state index contributed by atoms with van der Waals surface area (Å²) in [5.41, 5.74) is 9.13. The molecule has 6 amide bonds. The van der Waals surface area contributed by atoms with E-state index in [-0.39, 0.29) is 35.9 Å². The van der Waals surface area contributed by atoms with Crippen molar-refractivity contribution in [3.05, 3.63) is 53.1 Å². The largest absolute Gasteiger partial charge is 0.385 e. The van der Waals surface area contributed by atoms with Crippen molar-refractivity contribution in [3.63, 3.8) is 0 Å². The highest BCUT2D eigenvalue weighted by atomic mass is 16.5. The van der Waals surface area contributed by atoms with Gasteiger partial charge in [0.05, 0.1) is 16.7 Å². The van der Waals surface area contributed by atoms with E-state index in [2.05, 4.69) is 20.9 Å². The Balaban J connectivity index is 0.867. The number of hydrogen-bond acceptors (Lipinski definition) is 10. The molecule has 5 N–H and O–H groups in total. The summed E-state index contributed by atoms with van der Waals surface area (Å²) in [5, 5.41) is 9.02. The molecule has 14 nitrogen and oxygen atoms in total. The first-order valence-corrected chi connectivity index (χ1v) is 18.1. The van der Waals surface area contributed by atoms with Crippen LogP contribution in [-0.4, -0.2) is 103 Å². The van der Waals surface area contributed by atoms with Crippen molar-refractivity contribution in [2.45, 2.75) is 76.3 Å². The zero-order chi connectivity index (χ0) is 35.9. The fourth-order valence-corrected chi connectivity index (χ4v) is 7.24. The van der Waals surface area contributed by atoms with Crippen LogP contribution in [0.15, 0.2) is 36.4 Å². The molecular weight excluding hydrogens is 654 g/mol. The Bertz CT molecular complexity index is 1670. The summed E-state index contributed by atoms with van der Waals surface area (Å²) in [6.07, 6.45) is 7.21. The van der Waals surface area contributed by atoms with Gasteiger partial charge in [0, 0.05) is 81.9 Å². The lowest BCUT2D eigenvalue weighted by Gasteiger charge is -2.36. The number of ether oxygens (including phenoxy) is 1. The van der Waals surface area contributed by atoms with Gasteiger partial charge in [0.25, 0.3) is 17.7 Å². The zero-order valence-electron chi connectivity index (χ0n) is 28.9. The van der Waals surface area contributed by atoms with Gasteiger partial charge in [-0.15, -0.1) is 0 Å². The molecule has 0 saturated carbocycles. The maximum Gasteiger partial charge on any atom is 0.262 e. The number of unbranched alkanes of at least 4 members (excludes halogenated alkanes) is 4. The highest BCUT2D eigenvalue weighted by molar-refractivity contribution is 6.23. The first-order valence-electron chi connectivity index (χ1n) is 18.1. The summed E-state index contributed by atoms with van der Waals surface area (Å²) in [4.78, 5) is 79.9. The number of imide groups is 2. The smallest absolute Gasteiger partial charge is 0.262 e. The normalized spacial score (nSPS) is 19.6. The van der Waals surface area contributed by atoms with Gasteiger partial charge in [-0.3, -0.25) is 39.0 Å². The van der Waals surface area contributed by atoms with Crippen molar-refractivity contribution in [1.29, 1.82) is 0 Å². The number of primary amides is 1. The van der Waals surface area contributed by atoms with Gasteiger partial charge in [-0.2, -0.15) is 0 Å². The molecule has 2 aromatic carbocycles. The van der Waals surface area contributed by atoms with Crippen LogP contribution in [0, 0.1) is 0 Å². The standard InChI is InChI=1S/C37H47N7O7/c38-34(47)28-10-8-26(23-30(28)40-24-13-20-51-21-14-24)42-16-18-43(19-17-42)33(46)6-4-2-1-3-5-15-39-25-7-9-27-29(22-25)37(50)44(36(27)49)31-11-12-32(45)41-35(31)48/h7-10,22-24,31,39-40H,1-6,11-21H2,(H2,38,47)(H,41,45,48). The number of piperidine rings is 1. The molecule has 0 spiro atoms. The van der Waals surface area contributed by atoms with Crippen LogP contribution in [-0.2, 0) is 19.1 Å². The van der Waals surface area contributed by atoms with Gasteiger partial charge in [-0.25, -0.2) is 0 Å². The second-order valence-electron chi connectivity index (χ2n) is 13.6. The Kier molecular flexibility index (Phi) is 11.5. The number of rotatable bonds is 14. The topological polar surface area (TPSA) is 183 Å². The van der Waals surface area contributed by atoms with E-state index in [4.69, 9.17) is 10.5 Å². The van der Waals surface area contributed by atoms with Crippen LogP contribution in [0.4, 0.5) is 17.1 Å². The van der Waals surface area contributed by atoms with Crippen LogP contribution >= 0.6 is 0 Å². The predicted molar refractivity (Wildman–Crippen MR) is 191 cm³/mol. The van der Waals surface area contributed by atoms with Crippen molar-refractivity contribution < 1.29 is 33.5 Å². The first kappa shape index (κ1) is 35.8. The van der Waals surface area contributed by atoms with Gasteiger partial charge in [-0.1, -0.05) is 19.3 Å². The molecule has 4 aliphatic heterocycles. The summed E-state index contributed by atoms with van der Waals surface area (Å²) in [5.74, 6) is -2.34. The molecule has 0 aromatic heterocycles. The number of nitrogens with one attached hydrogen (secondary N) is 3. The number of amides is 6. The molecule has 272 valence electrons. The molecule has 0 bridgehead atoms. The number of nitrogens with zero attached hydrogens (tertiary/aromatic N) is 3. The quantitative estimate of drug-likeness (QED) is 0.169. The molecule has 3 fully saturated rings. The molecule has 1 unspecified atom stereocenters. The van der Waals surface area contributed by atoms with Crippen LogP contribution < -0.4 is 26.6 Å². The second-order valence-corrected chi connectivity index (χ2v) is 13.6. The fourth-order valence-electron chi connectivity index (χ4n) is 7.24. The molecule has 4 aliphatic rings. The minimum atomic E-state index is -0.980. The van der Waals surface area contributed by atoms with E-state index in [0.717, 1.165) is 80.0 Å². The number of nitrogens with two attached hydrogens (primary N) is 1. The Morgan fingerprint density at radius 3 is 2.31 bits per heavy atom. The lowest BCUT2D eigenvalue weighted by molar-refractivity contribution is -0.136. The highest BCUT2D eigenvalue weighted by Gasteiger charge is 2.44. The van der Waals surface area contributed by atoms with Crippen molar-refractivity contribution in [2.24, 2.45) is 5.73 Å². The molecule has 14 heteroatoms. The van der Waals surface area contributed by atoms with E-state index in [1.54, 1.807) is 24.3 Å². The molecule has 0 aliphatic carbocycles. The minimum Gasteiger partial charge on any atom is -0.385 e. The number of fused-ring (bicyclic) bond motifs is 1. The lowest BCUT2D eigenvalue weighted by Crippen LogP contribution is -2.54. The fraction of sp³-hybridized carbons (Fsp3) is 0.514. The van der Waals surface area contributed by atoms with Crippen molar-refractivity contribution in [1.82, 2.24) is 15.1 Å². The van der Waals surface area contributed by atoms with E-state index >= 15 is 0 Å². The molecule has 2 aromatic rings. The summed E-state index contributed by atoms with van der Waals surface area (Å²) < 4.78 is 5.46. The first-order chi connectivity index (χ1) is 24.7. The van der Waals surface area contributed by atoms with E-state index in [1.807, 2.05) is 17.0 Å². The zero-order valence-corrected chi connectivity index (χ0v) is 28.9. The van der Waals surface area contributed by atoms with Gasteiger partial charge < -0.3 is 30.9 Å². The second kappa shape index (κ2) is 16.4. The molecule has 1 atom stereocenters. The average molecular weight is 702 g/mol. The number of carbonyl (C=O) groups excluding carboxylic acids is 6. The van der Waals surface area contributed by atoms with Gasteiger partial charge >= 0.3 is 0 Å². The SMILES string of the molecule is NC(=O)c1ccc(N2CCN(C(=O)CCCCCCCNc3ccc4c(c3)C(=O)N(C3CCC(=O)NC3=O)C4=O)CC2)cc1NC1CCOCC1. The van der Waals surface area contributed by atoms with Gasteiger partial charge in [0.2, 0.25) is 17.7 Å². The number of benzene rings is 2. The molecule has 6 rings (SSSR count). The Morgan fingerprint density at radius 1 is 0.843 bits per heavy atom. The van der Waals surface area contributed by atoms with Crippen molar-refractivity contribution in [3.8, 4) is 0 Å². The molecular formula is C37H47N7O7. The predicted octanol–water partition coefficient (Wildman–Crippen LogP) is 2.88. The Hall–Kier alpha value is -4.98. The Morgan fingerprint density at radius 2 is 1.57 bits per heavy atom. The number of piperazine rings is 1. The third kappa shape index (κ3) is 8.50. The van der Waals surface area contributed by atoms with Crippen LogP contribution in [0.1, 0.15) is 95.3 Å². The van der Waals surface area contributed by atoms with Crippen LogP contribution in [0.5, 0.6) is 0 Å². The van der Waals surface area contributed by atoms with Crippen LogP contribution in [0.3, 0.4) is 0 Å². The number of anilines is 3. The third-order valence-electron chi connectivity index (χ3n) is 10.2. The van der Waals surface area contributed by atoms with Gasteiger partial charge in [0.1, 0.15) is 6.04 Å². The Labute approximate surface area is 297 Å². The lowest BCUT2D eigenvalue weighted by atomic mass is 10.0. The number of hydrogen-bond donors (Lipinski definition) is 4. The van der Waals surface area contributed by atoms with Crippen molar-refractivity contribution >= 4 is 52.5 Å². The average Bonchev–Trinajstić information content (AvgIpc) is 3.37. The van der Waals surface area contributed by atoms with Gasteiger partial charge in [0.15, 0.2) is 0 Å². The number of carbonyl (C=O) groups is 6. The summed E-state index contributed by atoms with van der Waals surface area (Å²) in [6, 6.07) is 9.97. The van der Waals surface area contributed by atoms with Crippen molar-refractivity contribution in [2.75, 3.05) is 61.5 Å². The van der Waals surface area contributed by atoms with E-state index < -0.39 is 35.6 Å². The third-order valence-corrected chi connectivity index (χ3v) is 10.2. The van der Waals surface area contributed by atoms with E-state index in [0.29, 0.717) is 44.8 Å². The minimum absolute atomic E-state index is 0.0828.